The van der Waals surface area contributed by atoms with E-state index in [9.17, 15) is 4.79 Å². The van der Waals surface area contributed by atoms with Gasteiger partial charge in [-0.25, -0.2) is 4.79 Å². The fraction of sp³-hybridized carbons (Fsp3) is 0.708. The summed E-state index contributed by atoms with van der Waals surface area (Å²) in [5, 5.41) is 0. The van der Waals surface area contributed by atoms with Gasteiger partial charge in [-0.2, -0.15) is 0 Å². The molecular formula is C24H38N2O3. The predicted octanol–water partition coefficient (Wildman–Crippen LogP) is 5.05. The van der Waals surface area contributed by atoms with Crippen molar-refractivity contribution in [2.24, 2.45) is 0 Å². The molecule has 2 aliphatic heterocycles. The highest BCUT2D eigenvalue weighted by Crippen LogP contribution is 2.32. The molecule has 0 radical (unpaired) electrons. The molecule has 0 saturated carbocycles. The van der Waals surface area contributed by atoms with E-state index in [2.05, 4.69) is 36.1 Å². The number of rotatable bonds is 4. The molecule has 0 aliphatic carbocycles. The number of amides is 1. The number of hydrogen-bond acceptors (Lipinski definition) is 4. The van der Waals surface area contributed by atoms with Gasteiger partial charge in [0, 0.05) is 12.6 Å². The van der Waals surface area contributed by atoms with Crippen LogP contribution >= 0.6 is 0 Å². The Hall–Kier alpha value is -1.75. The number of carbonyl (C=O) groups is 1. The molecule has 2 heterocycles. The molecule has 0 spiro atoms. The SMILES string of the molecule is COc1ccc(C2CCN(C(C)C3CCCCN3C(=O)OC(C)(C)C)CC2)cc1. The molecule has 0 bridgehead atoms. The van der Waals surface area contributed by atoms with Gasteiger partial charge >= 0.3 is 6.09 Å². The zero-order valence-corrected chi connectivity index (χ0v) is 18.8. The van der Waals surface area contributed by atoms with Crippen LogP contribution in [-0.4, -0.2) is 60.3 Å². The van der Waals surface area contributed by atoms with Crippen LogP contribution in [0.25, 0.3) is 0 Å². The Bertz CT molecular complexity index is 660. The van der Waals surface area contributed by atoms with Crippen molar-refractivity contribution >= 4 is 6.09 Å². The lowest BCUT2D eigenvalue weighted by Gasteiger charge is -2.45. The van der Waals surface area contributed by atoms with Crippen LogP contribution in [0.5, 0.6) is 5.75 Å². The lowest BCUT2D eigenvalue weighted by atomic mass is 9.87. The van der Waals surface area contributed by atoms with Crippen molar-refractivity contribution in [1.29, 1.82) is 0 Å². The summed E-state index contributed by atoms with van der Waals surface area (Å²) in [6.45, 7) is 11.1. The van der Waals surface area contributed by atoms with E-state index in [4.69, 9.17) is 9.47 Å². The molecule has 0 N–H and O–H groups in total. The average molecular weight is 403 g/mol. The second-order valence-electron chi connectivity index (χ2n) is 9.56. The summed E-state index contributed by atoms with van der Waals surface area (Å²) in [7, 11) is 1.71. The summed E-state index contributed by atoms with van der Waals surface area (Å²) in [6.07, 6.45) is 5.51. The first-order valence-electron chi connectivity index (χ1n) is 11.2. The summed E-state index contributed by atoms with van der Waals surface area (Å²) in [4.78, 5) is 17.3. The average Bonchev–Trinajstić information content (AvgIpc) is 2.72. The van der Waals surface area contributed by atoms with E-state index >= 15 is 0 Å². The van der Waals surface area contributed by atoms with Gasteiger partial charge in [0.15, 0.2) is 0 Å². The fourth-order valence-corrected chi connectivity index (χ4v) is 4.77. The molecule has 2 unspecified atom stereocenters. The number of ether oxygens (including phenoxy) is 2. The normalized spacial score (nSPS) is 22.9. The van der Waals surface area contributed by atoms with Crippen LogP contribution in [0.15, 0.2) is 24.3 Å². The van der Waals surface area contributed by atoms with Crippen LogP contribution in [0.4, 0.5) is 4.79 Å². The van der Waals surface area contributed by atoms with Crippen molar-refractivity contribution in [3.8, 4) is 5.75 Å². The molecule has 162 valence electrons. The molecule has 2 saturated heterocycles. The Morgan fingerprint density at radius 3 is 2.28 bits per heavy atom. The maximum absolute atomic E-state index is 12.8. The van der Waals surface area contributed by atoms with E-state index in [0.717, 1.165) is 51.1 Å². The van der Waals surface area contributed by atoms with Crippen molar-refractivity contribution in [2.75, 3.05) is 26.7 Å². The molecular weight excluding hydrogens is 364 g/mol. The van der Waals surface area contributed by atoms with Gasteiger partial charge in [-0.05, 0) is 96.5 Å². The largest absolute Gasteiger partial charge is 0.497 e. The highest BCUT2D eigenvalue weighted by molar-refractivity contribution is 5.68. The van der Waals surface area contributed by atoms with Crippen molar-refractivity contribution in [3.63, 3.8) is 0 Å². The van der Waals surface area contributed by atoms with Crippen molar-refractivity contribution < 1.29 is 14.3 Å². The number of benzene rings is 1. The molecule has 3 rings (SSSR count). The van der Waals surface area contributed by atoms with E-state index in [1.807, 2.05) is 25.7 Å². The van der Waals surface area contributed by atoms with E-state index in [1.165, 1.54) is 12.0 Å². The Morgan fingerprint density at radius 2 is 1.69 bits per heavy atom. The van der Waals surface area contributed by atoms with Gasteiger partial charge in [0.05, 0.1) is 13.2 Å². The summed E-state index contributed by atoms with van der Waals surface area (Å²) in [5.74, 6) is 1.53. The molecule has 2 atom stereocenters. The quantitative estimate of drug-likeness (QED) is 0.706. The first kappa shape index (κ1) is 21.9. The van der Waals surface area contributed by atoms with Crippen LogP contribution in [-0.2, 0) is 4.74 Å². The second-order valence-corrected chi connectivity index (χ2v) is 9.56. The van der Waals surface area contributed by atoms with Crippen LogP contribution < -0.4 is 4.74 Å². The van der Waals surface area contributed by atoms with Gasteiger partial charge in [0.2, 0.25) is 0 Å². The van der Waals surface area contributed by atoms with Crippen molar-refractivity contribution in [1.82, 2.24) is 9.80 Å². The lowest BCUT2D eigenvalue weighted by molar-refractivity contribution is -0.00704. The standard InChI is InChI=1S/C24H38N2O3/c1-18(22-8-6-7-15-26(22)23(27)29-24(2,3)4)25-16-13-20(14-17-25)19-9-11-21(28-5)12-10-19/h9-12,18,20,22H,6-8,13-17H2,1-5H3. The summed E-state index contributed by atoms with van der Waals surface area (Å²) in [6, 6.07) is 9.13. The minimum atomic E-state index is -0.445. The molecule has 1 aromatic rings. The van der Waals surface area contributed by atoms with Gasteiger partial charge in [-0.3, -0.25) is 4.90 Å². The van der Waals surface area contributed by atoms with Crippen LogP contribution in [0.1, 0.15) is 71.3 Å². The molecule has 2 aliphatic rings. The zero-order valence-electron chi connectivity index (χ0n) is 18.8. The van der Waals surface area contributed by atoms with Gasteiger partial charge in [-0.1, -0.05) is 12.1 Å². The Kier molecular flexibility index (Phi) is 7.10. The highest BCUT2D eigenvalue weighted by Gasteiger charge is 2.36. The van der Waals surface area contributed by atoms with Crippen molar-refractivity contribution in [2.45, 2.75) is 83.4 Å². The summed E-state index contributed by atoms with van der Waals surface area (Å²) in [5.41, 5.74) is 0.963. The minimum absolute atomic E-state index is 0.151. The maximum Gasteiger partial charge on any atom is 0.410 e. The van der Waals surface area contributed by atoms with Crippen LogP contribution in [0.2, 0.25) is 0 Å². The first-order valence-corrected chi connectivity index (χ1v) is 11.2. The maximum atomic E-state index is 12.8. The molecule has 29 heavy (non-hydrogen) atoms. The topological polar surface area (TPSA) is 42.0 Å². The van der Waals surface area contributed by atoms with Crippen LogP contribution in [0.3, 0.4) is 0 Å². The number of piperidine rings is 2. The lowest BCUT2D eigenvalue weighted by Crippen LogP contribution is -2.56. The number of methoxy groups -OCH3 is 1. The number of nitrogens with zero attached hydrogens (tertiary/aromatic N) is 2. The van der Waals surface area contributed by atoms with E-state index in [1.54, 1.807) is 7.11 Å². The van der Waals surface area contributed by atoms with E-state index < -0.39 is 5.60 Å². The molecule has 2 fully saturated rings. The summed E-state index contributed by atoms with van der Waals surface area (Å²) < 4.78 is 11.0. The highest BCUT2D eigenvalue weighted by atomic mass is 16.6. The third-order valence-corrected chi connectivity index (χ3v) is 6.43. The molecule has 5 nitrogen and oxygen atoms in total. The minimum Gasteiger partial charge on any atom is -0.497 e. The monoisotopic (exact) mass is 402 g/mol. The number of carbonyl (C=O) groups excluding carboxylic acids is 1. The van der Waals surface area contributed by atoms with E-state index in [0.29, 0.717) is 12.0 Å². The Morgan fingerprint density at radius 1 is 1.03 bits per heavy atom. The van der Waals surface area contributed by atoms with Gasteiger partial charge in [-0.15, -0.1) is 0 Å². The summed E-state index contributed by atoms with van der Waals surface area (Å²) >= 11 is 0. The fourth-order valence-electron chi connectivity index (χ4n) is 4.77. The third kappa shape index (κ3) is 5.65. The molecule has 0 aromatic heterocycles. The number of hydrogen-bond donors (Lipinski definition) is 0. The smallest absolute Gasteiger partial charge is 0.410 e. The Labute approximate surface area is 176 Å². The first-order chi connectivity index (χ1) is 13.8. The van der Waals surface area contributed by atoms with Gasteiger partial charge < -0.3 is 14.4 Å². The third-order valence-electron chi connectivity index (χ3n) is 6.43. The van der Waals surface area contributed by atoms with E-state index in [-0.39, 0.29) is 12.1 Å². The molecule has 5 heteroatoms. The number of likely N-dealkylation sites (tertiary alicyclic amines) is 2. The zero-order chi connectivity index (χ0) is 21.0. The Balaban J connectivity index is 1.59. The van der Waals surface area contributed by atoms with Crippen LogP contribution in [0, 0.1) is 0 Å². The molecule has 1 aromatic carbocycles. The predicted molar refractivity (Wildman–Crippen MR) is 117 cm³/mol. The van der Waals surface area contributed by atoms with Gasteiger partial charge in [0.25, 0.3) is 0 Å². The molecule has 1 amide bonds. The van der Waals surface area contributed by atoms with Crippen molar-refractivity contribution in [3.05, 3.63) is 29.8 Å². The second kappa shape index (κ2) is 9.38. The van der Waals surface area contributed by atoms with Gasteiger partial charge in [0.1, 0.15) is 11.4 Å².